The summed E-state index contributed by atoms with van der Waals surface area (Å²) in [7, 11) is 0. The monoisotopic (exact) mass is 2450 g/mol. The van der Waals surface area contributed by atoms with E-state index in [1.807, 2.05) is 0 Å². The number of hydrogen-bond donors (Lipinski definition) is 4. The van der Waals surface area contributed by atoms with Crippen LogP contribution in [0.25, 0.3) is 17.4 Å². The van der Waals surface area contributed by atoms with Crippen molar-refractivity contribution in [2.45, 2.75) is 198 Å². The summed E-state index contributed by atoms with van der Waals surface area (Å²) in [6, 6.07) is 25.4. The van der Waals surface area contributed by atoms with Crippen molar-refractivity contribution >= 4 is 178 Å². The number of ether oxygens (including phenoxy) is 3. The van der Waals surface area contributed by atoms with Crippen molar-refractivity contribution in [2.24, 2.45) is 33.5 Å². The molecule has 0 bridgehead atoms. The molecule has 2 aliphatic rings. The average molecular weight is 2450 g/mol. The van der Waals surface area contributed by atoms with Gasteiger partial charge in [0.25, 0.3) is 0 Å². The zero-order valence-corrected chi connectivity index (χ0v) is 87.2. The summed E-state index contributed by atoms with van der Waals surface area (Å²) < 4.78 is 147. The van der Waals surface area contributed by atoms with Crippen molar-refractivity contribution in [3.8, 4) is 0 Å². The molecule has 126 heavy (non-hydrogen) atoms. The summed E-state index contributed by atoms with van der Waals surface area (Å²) in [5, 5.41) is 43.3. The van der Waals surface area contributed by atoms with Gasteiger partial charge in [-0.3, -0.25) is 33.6 Å². The molecular formula is C88H118Br7F10KN2O16Rh2. The number of aldehydes is 1. The Labute approximate surface area is 864 Å². The van der Waals surface area contributed by atoms with Crippen LogP contribution in [0.15, 0.2) is 149 Å². The molecule has 0 aliphatic heterocycles. The first-order valence-corrected chi connectivity index (χ1v) is 40.7. The molecule has 38 heteroatoms. The maximum atomic E-state index is 14.3. The zero-order chi connectivity index (χ0) is 93.2. The number of aliphatic carboxylic acids is 4. The third kappa shape index (κ3) is 64.5. The van der Waals surface area contributed by atoms with Crippen molar-refractivity contribution in [2.75, 3.05) is 25.2 Å². The minimum atomic E-state index is -1.77. The maximum absolute atomic E-state index is 14.3. The summed E-state index contributed by atoms with van der Waals surface area (Å²) in [5.41, 5.74) is 3.16. The average Bonchev–Trinajstić information content (AvgIpc) is 1.59. The zero-order valence-electron chi connectivity index (χ0n) is 69.7. The minimum Gasteiger partial charge on any atom is -0.850 e. The van der Waals surface area contributed by atoms with Gasteiger partial charge in [-0.25, -0.2) is 48.7 Å². The standard InChI is InChI=1S/2C12H11BrF2O2.C8H6Br2F2.C8H5BrF2.C8H6BrF.C7H4BrFO.4C5H10O2.C4H6N2O2.C4H9O.5CH4.K.2Rh/c2*1-2-17-11(16)8-6-12(8,15)7-3-4-9(13)10(14)5-7;9-4-8(12)5-1-2-6(10)7(11)3-5;1-5(10)6-2-3-7(9)8(11)4-6;1-2-6-3-4-7(9)8(10)5-6;8-6-2-1-5(4-10)3-7(6)9;4*1-5(2,3)4(6)7;1-2-8-4(7)3-6-5;1-4(2,3)5;;;;;;;;/h2*3-5,8H,2,6H2,1H3;1-3,8H,4H2;2-4H,1H2;2-5H,1H2;1-4H;4*1-3H3,(H,6,7);3H,2H2,1H3;1-3H3;5*1H4;;;/q;;;;;;;;;;;-1;;;;;;+1;;/t8-,12+;8-,12-;;;;;;;;;;;;;;;;;;/m00................../s1. The molecule has 0 aromatic heterocycles. The van der Waals surface area contributed by atoms with Crippen LogP contribution in [-0.2, 0) is 98.1 Å². The molecule has 0 amide bonds. The normalized spacial score (nSPS) is 14.2. The molecule has 18 nitrogen and oxygen atoms in total. The first kappa shape index (κ1) is 147. The smallest absolute Gasteiger partial charge is 0.850 e. The van der Waals surface area contributed by atoms with Gasteiger partial charge in [-0.1, -0.05) is 129 Å². The number of carbonyl (C=O) groups is 8. The van der Waals surface area contributed by atoms with E-state index in [1.165, 1.54) is 66.7 Å². The van der Waals surface area contributed by atoms with Crippen LogP contribution in [0.5, 0.6) is 0 Å². The van der Waals surface area contributed by atoms with E-state index >= 15 is 0 Å². The second-order valence-corrected chi connectivity index (χ2v) is 35.1. The van der Waals surface area contributed by atoms with E-state index in [9.17, 15) is 87.4 Å². The van der Waals surface area contributed by atoms with Crippen LogP contribution in [0.2, 0.25) is 0 Å². The molecule has 0 heterocycles. The van der Waals surface area contributed by atoms with Crippen molar-refractivity contribution < 1.29 is 217 Å². The van der Waals surface area contributed by atoms with Crippen molar-refractivity contribution in [3.63, 3.8) is 0 Å². The molecule has 2 radical (unpaired) electrons. The Morgan fingerprint density at radius 2 is 0.754 bits per heavy atom. The van der Waals surface area contributed by atoms with Crippen LogP contribution in [0, 0.1) is 68.4 Å². The number of carbonyl (C=O) groups excluding carboxylic acids is 4. The molecule has 714 valence electrons. The number of carboxylic acid groups (broad SMARTS) is 4. The molecule has 1 unspecified atom stereocenters. The third-order valence-corrected chi connectivity index (χ3v) is 18.1. The second-order valence-electron chi connectivity index (χ2n) is 29.3. The van der Waals surface area contributed by atoms with E-state index in [-0.39, 0.29) is 190 Å². The fourth-order valence-electron chi connectivity index (χ4n) is 6.56. The summed E-state index contributed by atoms with van der Waals surface area (Å²) in [6.45, 7) is 37.2. The van der Waals surface area contributed by atoms with Gasteiger partial charge >= 0.3 is 99.4 Å². The summed E-state index contributed by atoms with van der Waals surface area (Å²) in [6.07, 6.45) is 1.89. The Kier molecular flexibility index (Phi) is 83.3. The molecule has 2 saturated carbocycles. The molecule has 8 rings (SSSR count). The fraction of sp³-hybridized carbons (Fsp3) is 0.443. The number of alkyl halides is 4. The molecule has 0 saturated heterocycles. The van der Waals surface area contributed by atoms with Crippen molar-refractivity contribution in [1.29, 1.82) is 0 Å². The van der Waals surface area contributed by atoms with Gasteiger partial charge in [-0.05, 0) is 294 Å². The minimum absolute atomic E-state index is 0. The number of benzene rings is 6. The van der Waals surface area contributed by atoms with Crippen molar-refractivity contribution in [1.82, 2.24) is 0 Å². The van der Waals surface area contributed by atoms with Crippen LogP contribution in [0.1, 0.15) is 219 Å². The topological polar surface area (TPSA) is 305 Å². The number of esters is 3. The van der Waals surface area contributed by atoms with Crippen LogP contribution < -0.4 is 56.5 Å². The van der Waals surface area contributed by atoms with Gasteiger partial charge in [0.1, 0.15) is 64.5 Å². The first-order valence-electron chi connectivity index (χ1n) is 34.8. The first-order chi connectivity index (χ1) is 53.8. The van der Waals surface area contributed by atoms with E-state index in [1.54, 1.807) is 155 Å². The van der Waals surface area contributed by atoms with Gasteiger partial charge in [0.15, 0.2) is 0 Å². The largest absolute Gasteiger partial charge is 1.00 e. The van der Waals surface area contributed by atoms with E-state index in [0.29, 0.717) is 48.1 Å². The number of carboxylic acids is 4. The van der Waals surface area contributed by atoms with E-state index in [2.05, 4.69) is 134 Å². The number of hydrogen-bond acceptors (Lipinski definition) is 12. The fourth-order valence-corrected chi connectivity index (χ4v) is 8.42. The van der Waals surface area contributed by atoms with Gasteiger partial charge < -0.3 is 45.3 Å². The summed E-state index contributed by atoms with van der Waals surface area (Å²) >= 11 is 20.9. The molecule has 0 spiro atoms. The second kappa shape index (κ2) is 71.3. The Balaban J connectivity index is -0.000000114. The molecule has 5 atom stereocenters. The van der Waals surface area contributed by atoms with Crippen LogP contribution in [-0.4, -0.2) is 110 Å². The van der Waals surface area contributed by atoms with Gasteiger partial charge in [-0.15, -0.1) is 5.60 Å². The van der Waals surface area contributed by atoms with E-state index in [4.69, 9.17) is 35.4 Å². The predicted octanol–water partition coefficient (Wildman–Crippen LogP) is 24.5. The maximum Gasteiger partial charge on any atom is 1.00 e. The van der Waals surface area contributed by atoms with Gasteiger partial charge in [0.2, 0.25) is 0 Å². The quantitative estimate of drug-likeness (QED) is 0.00961. The molecule has 2 aliphatic carbocycles. The molecule has 2 fully saturated rings. The number of halogens is 17. The van der Waals surface area contributed by atoms with E-state index in [0.717, 1.165) is 23.8 Å². The van der Waals surface area contributed by atoms with Crippen LogP contribution in [0.3, 0.4) is 0 Å². The van der Waals surface area contributed by atoms with Crippen LogP contribution >= 0.6 is 112 Å². The SMILES string of the molecule is C.C.C.C.C.C=C(F)c1ccc(Br)c(F)c1.C=Cc1ccc(Br)c(F)c1.CC(C)(C)C(=O)O.CC(C)(C)C(=O)O.CC(C)(C)C(=O)O.CC(C)(C)C(=O)O.CC(C)(C)[O-].CCOC(=O)C=[N+]=[N-].CCOC(=O)[C@@H]1C[C@@]1(F)c1ccc(Br)c(F)c1.CCOC(=O)[C@@H]1C[C@]1(F)c1ccc(Br)c(F)c1.Fc1cc(C(F)CBr)ccc1Br.O=Cc1ccc(Br)c(F)c1.[K+].[Rh].[Rh]. The van der Waals surface area contributed by atoms with E-state index < -0.39 is 133 Å². The molecular weight excluding hydrogens is 2340 g/mol. The Morgan fingerprint density at radius 3 is 0.984 bits per heavy atom. The van der Waals surface area contributed by atoms with Gasteiger partial charge in [0, 0.05) is 68.3 Å². The molecule has 4 N–H and O–H groups in total. The Bertz CT molecular complexity index is 4120. The summed E-state index contributed by atoms with van der Waals surface area (Å²) in [4.78, 5) is 85.5. The molecule has 6 aromatic carbocycles. The van der Waals surface area contributed by atoms with Gasteiger partial charge in [-0.2, -0.15) is 4.79 Å². The Hall–Kier alpha value is -4.36. The van der Waals surface area contributed by atoms with Crippen molar-refractivity contribution in [3.05, 3.63) is 223 Å². The van der Waals surface area contributed by atoms with Crippen LogP contribution in [0.4, 0.5) is 43.9 Å². The summed E-state index contributed by atoms with van der Waals surface area (Å²) in [5.74, 6) is -9.66. The third-order valence-electron chi connectivity index (χ3n) is 13.7. The number of rotatable bonds is 13. The predicted molar refractivity (Wildman–Crippen MR) is 491 cm³/mol. The Morgan fingerprint density at radius 1 is 0.500 bits per heavy atom. The number of nitrogens with zero attached hydrogens (tertiary/aromatic N) is 2. The van der Waals surface area contributed by atoms with Gasteiger partial charge in [0.05, 0.1) is 80.2 Å². The molecule has 6 aromatic rings.